The number of sulfone groups is 1. The van der Waals surface area contributed by atoms with Crippen LogP contribution in [0.3, 0.4) is 0 Å². The molecule has 1 N–H and O–H groups in total. The van der Waals surface area contributed by atoms with Crippen molar-refractivity contribution >= 4 is 21.8 Å². The van der Waals surface area contributed by atoms with E-state index in [4.69, 9.17) is 4.42 Å². The van der Waals surface area contributed by atoms with Crippen molar-refractivity contribution in [3.05, 3.63) is 71.9 Å². The van der Waals surface area contributed by atoms with Gasteiger partial charge in [-0.15, -0.1) is 5.10 Å². The lowest BCUT2D eigenvalue weighted by Crippen LogP contribution is -2.14. The van der Waals surface area contributed by atoms with Gasteiger partial charge in [-0.2, -0.15) is 0 Å². The van der Waals surface area contributed by atoms with Gasteiger partial charge in [-0.1, -0.05) is 35.4 Å². The van der Waals surface area contributed by atoms with E-state index in [1.165, 1.54) is 36.4 Å². The highest BCUT2D eigenvalue weighted by molar-refractivity contribution is 7.90. The van der Waals surface area contributed by atoms with Crippen LogP contribution in [0, 0.1) is 5.82 Å². The van der Waals surface area contributed by atoms with Gasteiger partial charge in [-0.25, -0.2) is 12.8 Å². The summed E-state index contributed by atoms with van der Waals surface area (Å²) in [6, 6.07) is 13.2. The van der Waals surface area contributed by atoms with Crippen LogP contribution in [0.4, 0.5) is 10.4 Å². The fourth-order valence-electron chi connectivity index (χ4n) is 2.19. The van der Waals surface area contributed by atoms with Gasteiger partial charge in [-0.3, -0.25) is 10.1 Å². The number of rotatable bonds is 6. The van der Waals surface area contributed by atoms with E-state index in [0.29, 0.717) is 5.56 Å². The Morgan fingerprint density at radius 3 is 2.42 bits per heavy atom. The number of nitrogens with one attached hydrogen (secondary N) is 1. The minimum atomic E-state index is -3.63. The second-order valence-electron chi connectivity index (χ2n) is 5.42. The van der Waals surface area contributed by atoms with Crippen LogP contribution >= 0.6 is 0 Å². The molecule has 2 aromatic carbocycles. The molecule has 0 unspecified atom stereocenters. The summed E-state index contributed by atoms with van der Waals surface area (Å²) in [4.78, 5) is 12.1. The van der Waals surface area contributed by atoms with Gasteiger partial charge >= 0.3 is 6.01 Å². The maximum Gasteiger partial charge on any atom is 0.322 e. The average molecular weight is 375 g/mol. The van der Waals surface area contributed by atoms with E-state index < -0.39 is 27.3 Å². The third-order valence-electron chi connectivity index (χ3n) is 3.41. The summed E-state index contributed by atoms with van der Waals surface area (Å²) in [6.07, 6.45) is -0.0136. The second kappa shape index (κ2) is 7.44. The molecule has 0 radical (unpaired) electrons. The summed E-state index contributed by atoms with van der Waals surface area (Å²) in [5, 5.41) is 9.64. The second-order valence-corrected chi connectivity index (χ2v) is 7.41. The first-order valence-electron chi connectivity index (χ1n) is 7.57. The van der Waals surface area contributed by atoms with Gasteiger partial charge < -0.3 is 4.42 Å². The van der Waals surface area contributed by atoms with E-state index in [0.717, 1.165) is 0 Å². The number of anilines is 1. The molecule has 1 aromatic heterocycles. The Balaban J connectivity index is 1.62. The van der Waals surface area contributed by atoms with E-state index in [9.17, 15) is 17.6 Å². The van der Waals surface area contributed by atoms with Crippen LogP contribution in [0.5, 0.6) is 0 Å². The zero-order valence-electron chi connectivity index (χ0n) is 13.4. The molecule has 9 heteroatoms. The van der Waals surface area contributed by atoms with Crippen molar-refractivity contribution in [3.63, 3.8) is 0 Å². The molecule has 1 heterocycles. The van der Waals surface area contributed by atoms with Crippen molar-refractivity contribution in [2.45, 2.75) is 17.1 Å². The van der Waals surface area contributed by atoms with Crippen LogP contribution in [-0.4, -0.2) is 24.5 Å². The van der Waals surface area contributed by atoms with Crippen LogP contribution < -0.4 is 5.32 Å². The van der Waals surface area contributed by atoms with Crippen LogP contribution in [0.15, 0.2) is 63.9 Å². The van der Waals surface area contributed by atoms with E-state index in [1.54, 1.807) is 18.2 Å². The van der Waals surface area contributed by atoms with Gasteiger partial charge in [0, 0.05) is 0 Å². The number of amides is 1. The Morgan fingerprint density at radius 1 is 1.04 bits per heavy atom. The predicted octanol–water partition coefficient (Wildman–Crippen LogP) is 2.36. The highest BCUT2D eigenvalue weighted by Crippen LogP contribution is 2.16. The number of aromatic nitrogens is 2. The zero-order valence-corrected chi connectivity index (χ0v) is 14.2. The van der Waals surface area contributed by atoms with Crippen LogP contribution in [0.25, 0.3) is 0 Å². The number of hydrogen-bond donors (Lipinski definition) is 1. The summed E-state index contributed by atoms with van der Waals surface area (Å²) in [7, 11) is -3.63. The molecule has 0 aliphatic heterocycles. The molecule has 1 amide bonds. The molecular formula is C17H14FN3O4S. The summed E-state index contributed by atoms with van der Waals surface area (Å²) in [5.41, 5.74) is 0.607. The highest BCUT2D eigenvalue weighted by atomic mass is 32.2. The zero-order chi connectivity index (χ0) is 18.6. The molecule has 0 bridgehead atoms. The largest absolute Gasteiger partial charge is 0.407 e. The summed E-state index contributed by atoms with van der Waals surface area (Å²) in [5.74, 6) is -1.45. The third-order valence-corrected chi connectivity index (χ3v) is 5.02. The van der Waals surface area contributed by atoms with E-state index in [-0.39, 0.29) is 23.2 Å². The first kappa shape index (κ1) is 17.7. The number of nitrogens with zero attached hydrogens (tertiary/aromatic N) is 2. The SMILES string of the molecule is O=C(Cc1ccc(F)cc1)Nc1nnc(CS(=O)(=O)c2ccccc2)o1. The number of halogens is 1. The van der Waals surface area contributed by atoms with Crippen molar-refractivity contribution < 1.29 is 22.0 Å². The highest BCUT2D eigenvalue weighted by Gasteiger charge is 2.20. The molecule has 3 aromatic rings. The lowest BCUT2D eigenvalue weighted by atomic mass is 10.1. The average Bonchev–Trinajstić information content (AvgIpc) is 3.03. The van der Waals surface area contributed by atoms with Crippen molar-refractivity contribution in [3.8, 4) is 0 Å². The number of carbonyl (C=O) groups excluding carboxylic acids is 1. The molecule has 0 saturated carbocycles. The van der Waals surface area contributed by atoms with Gasteiger partial charge in [0.25, 0.3) is 0 Å². The molecule has 134 valence electrons. The van der Waals surface area contributed by atoms with Gasteiger partial charge in [-0.05, 0) is 29.8 Å². The molecule has 7 nitrogen and oxygen atoms in total. The van der Waals surface area contributed by atoms with Gasteiger partial charge in [0.05, 0.1) is 11.3 Å². The van der Waals surface area contributed by atoms with E-state index in [1.807, 2.05) is 0 Å². The van der Waals surface area contributed by atoms with Crippen LogP contribution in [0.1, 0.15) is 11.5 Å². The Kier molecular flexibility index (Phi) is 5.08. The van der Waals surface area contributed by atoms with Gasteiger partial charge in [0.2, 0.25) is 11.8 Å². The molecule has 0 aliphatic carbocycles. The lowest BCUT2D eigenvalue weighted by Gasteiger charge is -2.01. The Bertz CT molecular complexity index is 1000. The molecule has 0 spiro atoms. The smallest absolute Gasteiger partial charge is 0.322 e. The minimum Gasteiger partial charge on any atom is -0.407 e. The van der Waals surface area contributed by atoms with E-state index in [2.05, 4.69) is 15.5 Å². The monoisotopic (exact) mass is 375 g/mol. The van der Waals surface area contributed by atoms with Gasteiger partial charge in [0.15, 0.2) is 9.84 Å². The normalized spacial score (nSPS) is 11.3. The number of benzene rings is 2. The molecule has 0 saturated heterocycles. The molecule has 3 rings (SSSR count). The standard InChI is InChI=1S/C17H14FN3O4S/c18-13-8-6-12(7-9-13)10-15(22)19-17-21-20-16(25-17)11-26(23,24)14-4-2-1-3-5-14/h1-9H,10-11H2,(H,19,21,22). The van der Waals surface area contributed by atoms with Crippen LogP contribution in [0.2, 0.25) is 0 Å². The predicted molar refractivity (Wildman–Crippen MR) is 90.4 cm³/mol. The van der Waals surface area contributed by atoms with Gasteiger partial charge in [0.1, 0.15) is 11.6 Å². The quantitative estimate of drug-likeness (QED) is 0.710. The first-order chi connectivity index (χ1) is 12.4. The molecule has 0 aliphatic rings. The van der Waals surface area contributed by atoms with Crippen molar-refractivity contribution in [2.75, 3.05) is 5.32 Å². The Hall–Kier alpha value is -3.07. The molecule has 0 fully saturated rings. The fourth-order valence-corrected chi connectivity index (χ4v) is 3.37. The molecular weight excluding hydrogens is 361 g/mol. The van der Waals surface area contributed by atoms with Crippen molar-refractivity contribution in [1.82, 2.24) is 10.2 Å². The topological polar surface area (TPSA) is 102 Å². The van der Waals surface area contributed by atoms with Crippen molar-refractivity contribution in [2.24, 2.45) is 0 Å². The minimum absolute atomic E-state index is 0.0136. The third kappa shape index (κ3) is 4.51. The van der Waals surface area contributed by atoms with E-state index >= 15 is 0 Å². The Morgan fingerprint density at radius 2 is 1.73 bits per heavy atom. The number of carbonyl (C=O) groups is 1. The van der Waals surface area contributed by atoms with Crippen molar-refractivity contribution in [1.29, 1.82) is 0 Å². The Labute approximate surface area is 148 Å². The first-order valence-corrected chi connectivity index (χ1v) is 9.22. The number of hydrogen-bond acceptors (Lipinski definition) is 6. The summed E-state index contributed by atoms with van der Waals surface area (Å²) in [6.45, 7) is 0. The summed E-state index contributed by atoms with van der Waals surface area (Å²) >= 11 is 0. The molecule has 26 heavy (non-hydrogen) atoms. The fraction of sp³-hybridized carbons (Fsp3) is 0.118. The maximum atomic E-state index is 12.8. The summed E-state index contributed by atoms with van der Waals surface area (Å²) < 4.78 is 42.5. The maximum absolute atomic E-state index is 12.8. The molecule has 0 atom stereocenters. The van der Waals surface area contributed by atoms with Crippen LogP contribution in [-0.2, 0) is 26.8 Å². The lowest BCUT2D eigenvalue weighted by molar-refractivity contribution is -0.115.